The van der Waals surface area contributed by atoms with Gasteiger partial charge in [-0.25, -0.2) is 0 Å². The van der Waals surface area contributed by atoms with Gasteiger partial charge in [0.15, 0.2) is 0 Å². The lowest BCUT2D eigenvalue weighted by molar-refractivity contribution is -0.156. The predicted molar refractivity (Wildman–Crippen MR) is 72.1 cm³/mol. The van der Waals surface area contributed by atoms with Crippen LogP contribution in [0.1, 0.15) is 52.9 Å². The fraction of sp³-hybridized carbons (Fsp3) is 0.929. The lowest BCUT2D eigenvalue weighted by atomic mass is 9.81. The summed E-state index contributed by atoms with van der Waals surface area (Å²) in [5, 5.41) is 0. The number of ether oxygens (including phenoxy) is 1. The average Bonchev–Trinajstić information content (AvgIpc) is 2.26. The van der Waals surface area contributed by atoms with Crippen LogP contribution < -0.4 is 0 Å². The quantitative estimate of drug-likeness (QED) is 0.583. The molecule has 1 unspecified atom stereocenters. The maximum Gasteiger partial charge on any atom is 0.311 e. The molecule has 0 radical (unpaired) electrons. The van der Waals surface area contributed by atoms with Crippen molar-refractivity contribution in [1.29, 1.82) is 0 Å². The summed E-state index contributed by atoms with van der Waals surface area (Å²) >= 11 is 0. The molecule has 0 aliphatic heterocycles. The van der Waals surface area contributed by atoms with Crippen LogP contribution in [0.3, 0.4) is 0 Å². The molecule has 1 atom stereocenters. The van der Waals surface area contributed by atoms with E-state index in [2.05, 4.69) is 13.8 Å². The van der Waals surface area contributed by atoms with Gasteiger partial charge in [-0.1, -0.05) is 33.1 Å². The van der Waals surface area contributed by atoms with Crippen LogP contribution in [0.2, 0.25) is 0 Å². The zero-order chi connectivity index (χ0) is 13.3. The largest absolute Gasteiger partial charge is 0.464 e. The number of hydrogen-bond acceptors (Lipinski definition) is 3. The highest BCUT2D eigenvalue weighted by Gasteiger charge is 2.33. The third-order valence-corrected chi connectivity index (χ3v) is 3.15. The minimum Gasteiger partial charge on any atom is -0.464 e. The van der Waals surface area contributed by atoms with Crippen LogP contribution >= 0.6 is 0 Å². The van der Waals surface area contributed by atoms with E-state index in [4.69, 9.17) is 4.74 Å². The molecule has 0 amide bonds. The second-order valence-corrected chi connectivity index (χ2v) is 5.35. The van der Waals surface area contributed by atoms with Gasteiger partial charge in [-0.2, -0.15) is 0 Å². The van der Waals surface area contributed by atoms with Crippen molar-refractivity contribution in [3.63, 3.8) is 0 Å². The van der Waals surface area contributed by atoms with Gasteiger partial charge in [-0.3, -0.25) is 4.79 Å². The molecular formula is C14H29NO2. The Morgan fingerprint density at radius 3 is 2.29 bits per heavy atom. The van der Waals surface area contributed by atoms with Gasteiger partial charge >= 0.3 is 5.97 Å². The topological polar surface area (TPSA) is 29.5 Å². The van der Waals surface area contributed by atoms with E-state index in [1.807, 2.05) is 25.9 Å². The Morgan fingerprint density at radius 1 is 1.18 bits per heavy atom. The van der Waals surface area contributed by atoms with Gasteiger partial charge < -0.3 is 9.64 Å². The Kier molecular flexibility index (Phi) is 8.23. The first-order chi connectivity index (χ1) is 7.96. The standard InChI is InChI=1S/C14H29NO2/c1-6-8-10-14(3,9-7-2)13(16)17-12-11-15(4)5/h6-12H2,1-5H3. The summed E-state index contributed by atoms with van der Waals surface area (Å²) in [7, 11) is 3.96. The molecule has 0 aliphatic carbocycles. The molecule has 0 aromatic carbocycles. The lowest BCUT2D eigenvalue weighted by Crippen LogP contribution is -2.32. The van der Waals surface area contributed by atoms with Crippen molar-refractivity contribution in [1.82, 2.24) is 4.90 Å². The molecule has 0 rings (SSSR count). The number of esters is 1. The van der Waals surface area contributed by atoms with Gasteiger partial charge in [-0.05, 0) is 33.9 Å². The van der Waals surface area contributed by atoms with Crippen LogP contribution in [-0.4, -0.2) is 38.1 Å². The van der Waals surface area contributed by atoms with Crippen molar-refractivity contribution in [2.75, 3.05) is 27.2 Å². The highest BCUT2D eigenvalue weighted by molar-refractivity contribution is 5.76. The molecular weight excluding hydrogens is 214 g/mol. The molecule has 0 aromatic rings. The third-order valence-electron chi connectivity index (χ3n) is 3.15. The van der Waals surface area contributed by atoms with Gasteiger partial charge in [0.05, 0.1) is 5.41 Å². The van der Waals surface area contributed by atoms with Gasteiger partial charge in [0, 0.05) is 6.54 Å². The van der Waals surface area contributed by atoms with Crippen LogP contribution in [0.25, 0.3) is 0 Å². The van der Waals surface area contributed by atoms with E-state index in [0.717, 1.165) is 38.6 Å². The molecule has 0 bridgehead atoms. The second-order valence-electron chi connectivity index (χ2n) is 5.35. The summed E-state index contributed by atoms with van der Waals surface area (Å²) in [4.78, 5) is 14.1. The Morgan fingerprint density at radius 2 is 1.82 bits per heavy atom. The van der Waals surface area contributed by atoms with Crippen molar-refractivity contribution in [3.8, 4) is 0 Å². The molecule has 0 aromatic heterocycles. The van der Waals surface area contributed by atoms with Crippen molar-refractivity contribution in [2.45, 2.75) is 52.9 Å². The van der Waals surface area contributed by atoms with Crippen molar-refractivity contribution in [3.05, 3.63) is 0 Å². The average molecular weight is 243 g/mol. The van der Waals surface area contributed by atoms with Crippen LogP contribution in [0.4, 0.5) is 0 Å². The molecule has 0 fully saturated rings. The van der Waals surface area contributed by atoms with E-state index in [0.29, 0.717) is 6.61 Å². The predicted octanol–water partition coefficient (Wildman–Crippen LogP) is 3.09. The minimum absolute atomic E-state index is 0.0188. The fourth-order valence-electron chi connectivity index (χ4n) is 1.94. The zero-order valence-electron chi connectivity index (χ0n) is 12.2. The number of carbonyl (C=O) groups excluding carboxylic acids is 1. The van der Waals surface area contributed by atoms with Crippen LogP contribution in [0, 0.1) is 5.41 Å². The molecule has 0 heterocycles. The first-order valence-corrected chi connectivity index (χ1v) is 6.78. The van der Waals surface area contributed by atoms with E-state index in [1.165, 1.54) is 0 Å². The molecule has 0 saturated carbocycles. The molecule has 102 valence electrons. The maximum atomic E-state index is 12.1. The summed E-state index contributed by atoms with van der Waals surface area (Å²) in [6.45, 7) is 7.62. The Hall–Kier alpha value is -0.570. The molecule has 0 N–H and O–H groups in total. The van der Waals surface area contributed by atoms with Gasteiger partial charge in [0.25, 0.3) is 0 Å². The highest BCUT2D eigenvalue weighted by Crippen LogP contribution is 2.31. The minimum atomic E-state index is -0.281. The summed E-state index contributed by atoms with van der Waals surface area (Å²) < 4.78 is 5.39. The normalized spacial score (nSPS) is 14.7. The molecule has 0 saturated heterocycles. The third kappa shape index (κ3) is 6.67. The zero-order valence-corrected chi connectivity index (χ0v) is 12.2. The van der Waals surface area contributed by atoms with Gasteiger partial charge in [0.2, 0.25) is 0 Å². The van der Waals surface area contributed by atoms with E-state index < -0.39 is 0 Å². The summed E-state index contributed by atoms with van der Waals surface area (Å²) in [6.07, 6.45) is 5.12. The van der Waals surface area contributed by atoms with Crippen molar-refractivity contribution >= 4 is 5.97 Å². The number of hydrogen-bond donors (Lipinski definition) is 0. The van der Waals surface area contributed by atoms with Gasteiger partial charge in [0.1, 0.15) is 6.61 Å². The molecule has 17 heavy (non-hydrogen) atoms. The van der Waals surface area contributed by atoms with Crippen LogP contribution in [0.5, 0.6) is 0 Å². The second kappa shape index (κ2) is 8.51. The monoisotopic (exact) mass is 243 g/mol. The number of nitrogens with zero attached hydrogens (tertiary/aromatic N) is 1. The smallest absolute Gasteiger partial charge is 0.311 e. The molecule has 0 aliphatic rings. The maximum absolute atomic E-state index is 12.1. The lowest BCUT2D eigenvalue weighted by Gasteiger charge is -2.27. The van der Waals surface area contributed by atoms with Gasteiger partial charge in [-0.15, -0.1) is 0 Å². The van der Waals surface area contributed by atoms with E-state index >= 15 is 0 Å². The Bertz CT molecular complexity index is 216. The molecule has 3 heteroatoms. The summed E-state index contributed by atoms with van der Waals surface area (Å²) in [6, 6.07) is 0. The highest BCUT2D eigenvalue weighted by atomic mass is 16.5. The van der Waals surface area contributed by atoms with Crippen molar-refractivity contribution < 1.29 is 9.53 Å². The number of unbranched alkanes of at least 4 members (excludes halogenated alkanes) is 1. The van der Waals surface area contributed by atoms with E-state index in [1.54, 1.807) is 0 Å². The molecule has 3 nitrogen and oxygen atoms in total. The first-order valence-electron chi connectivity index (χ1n) is 6.78. The first kappa shape index (κ1) is 16.4. The number of likely N-dealkylation sites (N-methyl/N-ethyl adjacent to an activating group) is 1. The van der Waals surface area contributed by atoms with Crippen LogP contribution in [0.15, 0.2) is 0 Å². The summed E-state index contributed by atoms with van der Waals surface area (Å²) in [5.74, 6) is -0.0188. The Labute approximate surface area is 107 Å². The number of rotatable bonds is 9. The van der Waals surface area contributed by atoms with E-state index in [-0.39, 0.29) is 11.4 Å². The Balaban J connectivity index is 4.22. The fourth-order valence-corrected chi connectivity index (χ4v) is 1.94. The SMILES string of the molecule is CCCCC(C)(CCC)C(=O)OCCN(C)C. The van der Waals surface area contributed by atoms with Crippen molar-refractivity contribution in [2.24, 2.45) is 5.41 Å². The molecule has 0 spiro atoms. The van der Waals surface area contributed by atoms with E-state index in [9.17, 15) is 4.79 Å². The van der Waals surface area contributed by atoms with Crippen LogP contribution in [-0.2, 0) is 9.53 Å². The summed E-state index contributed by atoms with van der Waals surface area (Å²) in [5.41, 5.74) is -0.281. The number of carbonyl (C=O) groups is 1.